The van der Waals surface area contributed by atoms with Crippen molar-refractivity contribution in [2.75, 3.05) is 19.8 Å². The molecule has 0 aliphatic carbocycles. The summed E-state index contributed by atoms with van der Waals surface area (Å²) in [5.41, 5.74) is 1.95. The van der Waals surface area contributed by atoms with Gasteiger partial charge in [0.05, 0.1) is 19.3 Å². The molecule has 1 aliphatic rings. The lowest BCUT2D eigenvalue weighted by atomic mass is 10.1. The van der Waals surface area contributed by atoms with Crippen LogP contribution in [0.3, 0.4) is 0 Å². The predicted octanol–water partition coefficient (Wildman–Crippen LogP) is 1.93. The van der Waals surface area contributed by atoms with Crippen molar-refractivity contribution in [2.24, 2.45) is 0 Å². The third-order valence-corrected chi connectivity index (χ3v) is 4.55. The summed E-state index contributed by atoms with van der Waals surface area (Å²) in [5.74, 6) is 0.613. The highest BCUT2D eigenvalue weighted by atomic mass is 16.5. The Bertz CT molecular complexity index is 801. The van der Waals surface area contributed by atoms with E-state index in [1.165, 1.54) is 0 Å². The molecule has 6 nitrogen and oxygen atoms in total. The van der Waals surface area contributed by atoms with Crippen LogP contribution in [0, 0.1) is 6.92 Å². The van der Waals surface area contributed by atoms with Gasteiger partial charge >= 0.3 is 0 Å². The van der Waals surface area contributed by atoms with Crippen molar-refractivity contribution in [3.05, 3.63) is 51.9 Å². The lowest BCUT2D eigenvalue weighted by Gasteiger charge is -2.33. The van der Waals surface area contributed by atoms with Crippen LogP contribution >= 0.6 is 0 Å². The number of rotatable bonds is 4. The molecule has 1 aliphatic heterocycles. The molecule has 1 fully saturated rings. The van der Waals surface area contributed by atoms with Gasteiger partial charge in [-0.3, -0.25) is 9.59 Å². The molecule has 0 spiro atoms. The van der Waals surface area contributed by atoms with Crippen LogP contribution in [0.2, 0.25) is 0 Å². The van der Waals surface area contributed by atoms with Crippen molar-refractivity contribution >= 4 is 5.91 Å². The van der Waals surface area contributed by atoms with Gasteiger partial charge in [0, 0.05) is 29.8 Å². The molecule has 25 heavy (non-hydrogen) atoms. The van der Waals surface area contributed by atoms with E-state index >= 15 is 0 Å². The number of H-pyrrole nitrogens is 1. The van der Waals surface area contributed by atoms with Crippen molar-refractivity contribution in [1.82, 2.24) is 14.9 Å². The molecule has 0 radical (unpaired) electrons. The molecule has 0 unspecified atom stereocenters. The number of morpholine rings is 1. The quantitative estimate of drug-likeness (QED) is 0.922. The summed E-state index contributed by atoms with van der Waals surface area (Å²) in [4.78, 5) is 34.1. The average Bonchev–Trinajstić information content (AvgIpc) is 2.62. The van der Waals surface area contributed by atoms with Crippen LogP contribution in [-0.4, -0.2) is 46.6 Å². The minimum Gasteiger partial charge on any atom is -0.377 e. The van der Waals surface area contributed by atoms with Crippen molar-refractivity contribution in [2.45, 2.75) is 32.7 Å². The van der Waals surface area contributed by atoms with Gasteiger partial charge in [0.2, 0.25) is 5.91 Å². The molecule has 1 aromatic heterocycles. The molecule has 6 heteroatoms. The van der Waals surface area contributed by atoms with Crippen molar-refractivity contribution in [1.29, 1.82) is 0 Å². The maximum Gasteiger partial charge on any atom is 0.254 e. The zero-order chi connectivity index (χ0) is 17.8. The molecule has 2 aromatic rings. The van der Waals surface area contributed by atoms with Crippen LogP contribution in [0.1, 0.15) is 24.6 Å². The number of aromatic nitrogens is 2. The number of aryl methyl sites for hydroxylation is 1. The van der Waals surface area contributed by atoms with E-state index in [9.17, 15) is 9.59 Å². The summed E-state index contributed by atoms with van der Waals surface area (Å²) < 4.78 is 5.36. The summed E-state index contributed by atoms with van der Waals surface area (Å²) in [6, 6.07) is 9.61. The van der Waals surface area contributed by atoms with E-state index < -0.39 is 0 Å². The maximum atomic E-state index is 12.4. The van der Waals surface area contributed by atoms with E-state index in [4.69, 9.17) is 4.74 Å². The molecule has 132 valence electrons. The SMILES string of the molecule is Cc1nc(-c2ccccc2)[nH]c(=O)c1CCC(=O)N1CCOC[C@H]1C. The normalized spacial score (nSPS) is 17.5. The van der Waals surface area contributed by atoms with Gasteiger partial charge in [-0.05, 0) is 20.3 Å². The van der Waals surface area contributed by atoms with Gasteiger partial charge in [0.15, 0.2) is 0 Å². The number of nitrogens with zero attached hydrogens (tertiary/aromatic N) is 2. The van der Waals surface area contributed by atoms with Crippen LogP contribution in [0.5, 0.6) is 0 Å². The third-order valence-electron chi connectivity index (χ3n) is 4.55. The van der Waals surface area contributed by atoms with E-state index in [0.29, 0.717) is 49.7 Å². The minimum absolute atomic E-state index is 0.0572. The van der Waals surface area contributed by atoms with E-state index in [1.54, 1.807) is 0 Å². The Morgan fingerprint density at radius 2 is 2.12 bits per heavy atom. The molecular formula is C19H23N3O3. The first kappa shape index (κ1) is 17.4. The molecule has 1 amide bonds. The van der Waals surface area contributed by atoms with Crippen LogP contribution < -0.4 is 5.56 Å². The third kappa shape index (κ3) is 3.96. The van der Waals surface area contributed by atoms with Crippen LogP contribution in [0.4, 0.5) is 0 Å². The summed E-state index contributed by atoms with van der Waals surface area (Å²) in [6.07, 6.45) is 0.701. The molecule has 1 atom stereocenters. The second kappa shape index (κ2) is 7.61. The molecule has 1 saturated heterocycles. The number of carbonyl (C=O) groups is 1. The topological polar surface area (TPSA) is 75.3 Å². The van der Waals surface area contributed by atoms with Crippen LogP contribution in [0.15, 0.2) is 35.1 Å². The summed E-state index contributed by atoms with van der Waals surface area (Å²) >= 11 is 0. The van der Waals surface area contributed by atoms with Crippen molar-refractivity contribution < 1.29 is 9.53 Å². The Morgan fingerprint density at radius 1 is 1.36 bits per heavy atom. The molecule has 3 rings (SSSR count). The summed E-state index contributed by atoms with van der Waals surface area (Å²) in [7, 11) is 0. The van der Waals surface area contributed by atoms with Gasteiger partial charge in [-0.1, -0.05) is 30.3 Å². The number of benzene rings is 1. The van der Waals surface area contributed by atoms with Crippen LogP contribution in [0.25, 0.3) is 11.4 Å². The lowest BCUT2D eigenvalue weighted by molar-refractivity contribution is -0.139. The molecular weight excluding hydrogens is 318 g/mol. The largest absolute Gasteiger partial charge is 0.377 e. The fourth-order valence-corrected chi connectivity index (χ4v) is 3.11. The van der Waals surface area contributed by atoms with Gasteiger partial charge in [0.1, 0.15) is 5.82 Å². The highest BCUT2D eigenvalue weighted by molar-refractivity contribution is 5.77. The van der Waals surface area contributed by atoms with Gasteiger partial charge in [-0.2, -0.15) is 0 Å². The molecule has 1 N–H and O–H groups in total. The minimum atomic E-state index is -0.172. The number of amides is 1. The fraction of sp³-hybridized carbons (Fsp3) is 0.421. The summed E-state index contributed by atoms with van der Waals surface area (Å²) in [5, 5.41) is 0. The number of ether oxygens (including phenoxy) is 1. The van der Waals surface area contributed by atoms with Gasteiger partial charge in [-0.25, -0.2) is 4.98 Å². The molecule has 0 bridgehead atoms. The second-order valence-corrected chi connectivity index (χ2v) is 6.36. The number of nitrogens with one attached hydrogen (secondary N) is 1. The fourth-order valence-electron chi connectivity index (χ4n) is 3.11. The van der Waals surface area contributed by atoms with Gasteiger partial charge in [0.25, 0.3) is 5.56 Å². The van der Waals surface area contributed by atoms with E-state index in [2.05, 4.69) is 9.97 Å². The Morgan fingerprint density at radius 3 is 2.80 bits per heavy atom. The number of carbonyl (C=O) groups excluding carboxylic acids is 1. The van der Waals surface area contributed by atoms with E-state index in [0.717, 1.165) is 5.56 Å². The highest BCUT2D eigenvalue weighted by Crippen LogP contribution is 2.15. The number of hydrogen-bond donors (Lipinski definition) is 1. The average molecular weight is 341 g/mol. The predicted molar refractivity (Wildman–Crippen MR) is 95.3 cm³/mol. The zero-order valence-corrected chi connectivity index (χ0v) is 14.6. The maximum absolute atomic E-state index is 12.4. The first-order valence-corrected chi connectivity index (χ1v) is 8.58. The summed E-state index contributed by atoms with van der Waals surface area (Å²) in [6.45, 7) is 5.55. The zero-order valence-electron chi connectivity index (χ0n) is 14.6. The van der Waals surface area contributed by atoms with Gasteiger partial charge < -0.3 is 14.6 Å². The molecule has 2 heterocycles. The highest BCUT2D eigenvalue weighted by Gasteiger charge is 2.23. The Balaban J connectivity index is 1.73. The van der Waals surface area contributed by atoms with Crippen molar-refractivity contribution in [3.63, 3.8) is 0 Å². The smallest absolute Gasteiger partial charge is 0.254 e. The Hall–Kier alpha value is -2.47. The Kier molecular flexibility index (Phi) is 5.28. The Labute approximate surface area is 146 Å². The number of hydrogen-bond acceptors (Lipinski definition) is 4. The lowest BCUT2D eigenvalue weighted by Crippen LogP contribution is -2.47. The molecule has 0 saturated carbocycles. The first-order valence-electron chi connectivity index (χ1n) is 8.58. The monoisotopic (exact) mass is 341 g/mol. The number of aromatic amines is 1. The van der Waals surface area contributed by atoms with Crippen LogP contribution in [-0.2, 0) is 16.0 Å². The van der Waals surface area contributed by atoms with Crippen molar-refractivity contribution in [3.8, 4) is 11.4 Å². The van der Waals surface area contributed by atoms with E-state index in [1.807, 2.05) is 49.1 Å². The van der Waals surface area contributed by atoms with E-state index in [-0.39, 0.29) is 17.5 Å². The first-order chi connectivity index (χ1) is 12.1. The standard InChI is InChI=1S/C19H23N3O3/c1-13-12-25-11-10-22(13)17(23)9-8-16-14(2)20-18(21-19(16)24)15-6-4-3-5-7-15/h3-7,13H,8-12H2,1-2H3,(H,20,21,24)/t13-/m1/s1. The van der Waals surface area contributed by atoms with Gasteiger partial charge in [-0.15, -0.1) is 0 Å². The molecule has 1 aromatic carbocycles. The second-order valence-electron chi connectivity index (χ2n) is 6.36.